The molecule has 0 unspecified atom stereocenters. The van der Waals surface area contributed by atoms with E-state index < -0.39 is 0 Å². The highest BCUT2D eigenvalue weighted by molar-refractivity contribution is 8.00. The number of aryl methyl sites for hydroxylation is 1. The smallest absolute Gasteiger partial charge is 0.134 e. The zero-order chi connectivity index (χ0) is 12.3. The third kappa shape index (κ3) is 3.26. The summed E-state index contributed by atoms with van der Waals surface area (Å²) >= 11 is 7.89. The van der Waals surface area contributed by atoms with E-state index in [1.807, 2.05) is 18.7 Å². The molecule has 0 atom stereocenters. The minimum atomic E-state index is 0.380. The zero-order valence-electron chi connectivity index (χ0n) is 10.3. The van der Waals surface area contributed by atoms with Crippen molar-refractivity contribution in [1.29, 1.82) is 0 Å². The van der Waals surface area contributed by atoms with Gasteiger partial charge < -0.3 is 5.32 Å². The maximum absolute atomic E-state index is 5.92. The van der Waals surface area contributed by atoms with Gasteiger partial charge in [-0.1, -0.05) is 24.4 Å². The molecule has 0 bridgehead atoms. The molecule has 1 heterocycles. The lowest BCUT2D eigenvalue weighted by atomic mass is 10.1. The first-order chi connectivity index (χ1) is 8.13. The molecule has 1 aliphatic rings. The Balaban J connectivity index is 2.01. The molecule has 1 fully saturated rings. The van der Waals surface area contributed by atoms with Crippen molar-refractivity contribution in [3.05, 3.63) is 17.0 Å². The van der Waals surface area contributed by atoms with Gasteiger partial charge in [0.05, 0.1) is 0 Å². The molecule has 1 aromatic rings. The molecule has 0 spiro atoms. The van der Waals surface area contributed by atoms with Crippen LogP contribution in [0.5, 0.6) is 0 Å². The number of rotatable bonds is 4. The van der Waals surface area contributed by atoms with E-state index in [0.717, 1.165) is 12.4 Å². The number of hydrogen-bond acceptors (Lipinski definition) is 4. The highest BCUT2D eigenvalue weighted by atomic mass is 35.5. The highest BCUT2D eigenvalue weighted by Gasteiger charge is 2.32. The van der Waals surface area contributed by atoms with Gasteiger partial charge in [-0.3, -0.25) is 0 Å². The van der Waals surface area contributed by atoms with Crippen LogP contribution >= 0.6 is 23.4 Å². The Hall–Kier alpha value is -0.480. The van der Waals surface area contributed by atoms with Gasteiger partial charge >= 0.3 is 0 Å². The van der Waals surface area contributed by atoms with Crippen molar-refractivity contribution >= 4 is 29.2 Å². The van der Waals surface area contributed by atoms with Crippen LogP contribution in [0, 0.1) is 6.92 Å². The second-order valence-corrected chi connectivity index (χ2v) is 6.23. The fraction of sp³-hybridized carbons (Fsp3) is 0.667. The van der Waals surface area contributed by atoms with Gasteiger partial charge in [-0.15, -0.1) is 0 Å². The summed E-state index contributed by atoms with van der Waals surface area (Å²) in [6.45, 7) is 2.82. The predicted octanol–water partition coefficient (Wildman–Crippen LogP) is 3.53. The van der Waals surface area contributed by atoms with Crippen LogP contribution in [-0.2, 0) is 0 Å². The topological polar surface area (TPSA) is 37.8 Å². The number of nitrogens with zero attached hydrogens (tertiary/aromatic N) is 2. The van der Waals surface area contributed by atoms with E-state index in [9.17, 15) is 0 Å². The number of nitrogens with one attached hydrogen (secondary N) is 1. The molecule has 5 heteroatoms. The van der Waals surface area contributed by atoms with Gasteiger partial charge in [-0.2, -0.15) is 11.8 Å². The maximum atomic E-state index is 5.92. The number of aromatic nitrogens is 2. The van der Waals surface area contributed by atoms with E-state index in [-0.39, 0.29) is 0 Å². The van der Waals surface area contributed by atoms with Gasteiger partial charge in [0.25, 0.3) is 0 Å². The summed E-state index contributed by atoms with van der Waals surface area (Å²) in [4.78, 5) is 8.41. The van der Waals surface area contributed by atoms with E-state index in [4.69, 9.17) is 11.6 Å². The standard InChI is InChI=1S/C12H18ClN3S/c1-9-15-10(13)7-11(16-9)14-8-12(17-2)5-3-4-6-12/h7H,3-6,8H2,1-2H3,(H,14,15,16). The summed E-state index contributed by atoms with van der Waals surface area (Å²) in [7, 11) is 0. The minimum Gasteiger partial charge on any atom is -0.369 e. The fourth-order valence-electron chi connectivity index (χ4n) is 2.35. The van der Waals surface area contributed by atoms with E-state index >= 15 is 0 Å². The molecule has 0 radical (unpaired) electrons. The minimum absolute atomic E-state index is 0.380. The van der Waals surface area contributed by atoms with E-state index in [2.05, 4.69) is 21.5 Å². The maximum Gasteiger partial charge on any atom is 0.134 e. The van der Waals surface area contributed by atoms with Crippen molar-refractivity contribution in [2.24, 2.45) is 0 Å². The number of anilines is 1. The van der Waals surface area contributed by atoms with E-state index in [1.165, 1.54) is 25.7 Å². The van der Waals surface area contributed by atoms with E-state index in [0.29, 0.717) is 15.7 Å². The zero-order valence-corrected chi connectivity index (χ0v) is 11.9. The molecular weight excluding hydrogens is 254 g/mol. The van der Waals surface area contributed by atoms with Gasteiger partial charge in [-0.25, -0.2) is 9.97 Å². The molecule has 1 saturated carbocycles. The lowest BCUT2D eigenvalue weighted by Crippen LogP contribution is -2.30. The molecule has 0 aliphatic heterocycles. The summed E-state index contributed by atoms with van der Waals surface area (Å²) in [6.07, 6.45) is 7.46. The summed E-state index contributed by atoms with van der Waals surface area (Å²) in [5, 5.41) is 3.91. The SMILES string of the molecule is CSC1(CNc2cc(Cl)nc(C)n2)CCCC1. The van der Waals surface area contributed by atoms with Gasteiger partial charge in [0.1, 0.15) is 16.8 Å². The Morgan fingerprint density at radius 3 is 2.71 bits per heavy atom. The fourth-order valence-corrected chi connectivity index (χ4v) is 3.48. The molecule has 0 amide bonds. The van der Waals surface area contributed by atoms with Crippen molar-refractivity contribution in [3.63, 3.8) is 0 Å². The summed E-state index contributed by atoms with van der Waals surface area (Å²) in [5.41, 5.74) is 0. The summed E-state index contributed by atoms with van der Waals surface area (Å²) in [6, 6.07) is 1.79. The van der Waals surface area contributed by atoms with Crippen molar-refractivity contribution < 1.29 is 0 Å². The van der Waals surface area contributed by atoms with Crippen LogP contribution in [0.15, 0.2) is 6.07 Å². The second kappa shape index (κ2) is 5.44. The van der Waals surface area contributed by atoms with Gasteiger partial charge in [-0.05, 0) is 26.0 Å². The van der Waals surface area contributed by atoms with Crippen LogP contribution in [0.2, 0.25) is 5.15 Å². The quantitative estimate of drug-likeness (QED) is 0.851. The van der Waals surface area contributed by atoms with Crippen LogP contribution in [0.3, 0.4) is 0 Å². The Kier molecular flexibility index (Phi) is 4.15. The molecule has 1 aromatic heterocycles. The van der Waals surface area contributed by atoms with Crippen molar-refractivity contribution in [1.82, 2.24) is 9.97 Å². The monoisotopic (exact) mass is 271 g/mol. The number of halogens is 1. The lowest BCUT2D eigenvalue weighted by molar-refractivity contribution is 0.638. The largest absolute Gasteiger partial charge is 0.369 e. The predicted molar refractivity (Wildman–Crippen MR) is 75.0 cm³/mol. The Labute approximate surface area is 112 Å². The average Bonchev–Trinajstić information content (AvgIpc) is 2.74. The highest BCUT2D eigenvalue weighted by Crippen LogP contribution is 2.40. The van der Waals surface area contributed by atoms with Crippen LogP contribution in [0.1, 0.15) is 31.5 Å². The van der Waals surface area contributed by atoms with Gasteiger partial charge in [0.15, 0.2) is 0 Å². The summed E-state index contributed by atoms with van der Waals surface area (Å²) in [5.74, 6) is 1.55. The van der Waals surface area contributed by atoms with Crippen molar-refractivity contribution in [2.45, 2.75) is 37.4 Å². The average molecular weight is 272 g/mol. The molecule has 17 heavy (non-hydrogen) atoms. The van der Waals surface area contributed by atoms with Crippen LogP contribution in [-0.4, -0.2) is 27.5 Å². The Morgan fingerprint density at radius 2 is 2.12 bits per heavy atom. The molecule has 94 valence electrons. The normalized spacial score (nSPS) is 18.3. The molecule has 2 rings (SSSR count). The van der Waals surface area contributed by atoms with Crippen LogP contribution < -0.4 is 5.32 Å². The van der Waals surface area contributed by atoms with E-state index in [1.54, 1.807) is 6.07 Å². The summed E-state index contributed by atoms with van der Waals surface area (Å²) < 4.78 is 0.380. The number of thioether (sulfide) groups is 1. The molecular formula is C12H18ClN3S. The molecule has 3 nitrogen and oxygen atoms in total. The first kappa shape index (κ1) is 13.0. The third-order valence-corrected chi connectivity index (χ3v) is 4.96. The third-order valence-electron chi connectivity index (χ3n) is 3.35. The van der Waals surface area contributed by atoms with Gasteiger partial charge in [0.2, 0.25) is 0 Å². The molecule has 1 N–H and O–H groups in total. The lowest BCUT2D eigenvalue weighted by Gasteiger charge is -2.27. The molecule has 0 saturated heterocycles. The molecule has 0 aromatic carbocycles. The Bertz CT molecular complexity index is 371. The van der Waals surface area contributed by atoms with Crippen molar-refractivity contribution in [3.8, 4) is 0 Å². The van der Waals surface area contributed by atoms with Crippen LogP contribution in [0.25, 0.3) is 0 Å². The second-order valence-electron chi connectivity index (χ2n) is 4.57. The number of hydrogen-bond donors (Lipinski definition) is 1. The van der Waals surface area contributed by atoms with Gasteiger partial charge in [0, 0.05) is 17.4 Å². The molecule has 1 aliphatic carbocycles. The first-order valence-corrected chi connectivity index (χ1v) is 7.54. The van der Waals surface area contributed by atoms with Crippen molar-refractivity contribution in [2.75, 3.05) is 18.1 Å². The first-order valence-electron chi connectivity index (χ1n) is 5.94. The van der Waals surface area contributed by atoms with Crippen LogP contribution in [0.4, 0.5) is 5.82 Å². The Morgan fingerprint density at radius 1 is 1.41 bits per heavy atom.